The number of aromatic nitrogens is 3. The first-order valence-corrected chi connectivity index (χ1v) is 5.44. The van der Waals surface area contributed by atoms with E-state index in [-0.39, 0.29) is 0 Å². The summed E-state index contributed by atoms with van der Waals surface area (Å²) in [6.45, 7) is 2.92. The van der Waals surface area contributed by atoms with Crippen molar-refractivity contribution in [1.82, 2.24) is 20.3 Å². The Bertz CT molecular complexity index is 261. The van der Waals surface area contributed by atoms with Crippen LogP contribution in [0.1, 0.15) is 25.5 Å². The van der Waals surface area contributed by atoms with E-state index < -0.39 is 0 Å². The van der Waals surface area contributed by atoms with E-state index in [1.807, 2.05) is 13.2 Å². The highest BCUT2D eigenvalue weighted by atomic mass is 35.5. The van der Waals surface area contributed by atoms with Crippen LogP contribution in [-0.2, 0) is 13.6 Å². The molecule has 1 aromatic heterocycles. The predicted molar refractivity (Wildman–Crippen MR) is 57.3 cm³/mol. The zero-order valence-electron chi connectivity index (χ0n) is 8.70. The molecule has 80 valence electrons. The maximum absolute atomic E-state index is 5.69. The molecule has 1 heterocycles. The largest absolute Gasteiger partial charge is 0.308 e. The summed E-state index contributed by atoms with van der Waals surface area (Å²) in [5.74, 6) is 0.700. The molecular formula is C9H17ClN4. The van der Waals surface area contributed by atoms with Crippen LogP contribution in [0.3, 0.4) is 0 Å². The third kappa shape index (κ3) is 3.64. The van der Waals surface area contributed by atoms with E-state index in [0.29, 0.717) is 11.9 Å². The molecule has 1 rings (SSSR count). The fraction of sp³-hybridized carbons (Fsp3) is 0.778. The zero-order valence-corrected chi connectivity index (χ0v) is 9.46. The number of nitrogens with one attached hydrogen (secondary N) is 1. The summed E-state index contributed by atoms with van der Waals surface area (Å²) in [4.78, 5) is 0. The van der Waals surface area contributed by atoms with E-state index in [9.17, 15) is 0 Å². The van der Waals surface area contributed by atoms with E-state index in [1.54, 1.807) is 4.68 Å². The fourth-order valence-electron chi connectivity index (χ4n) is 1.31. The molecule has 0 saturated heterocycles. The van der Waals surface area contributed by atoms with Gasteiger partial charge in [0.05, 0.1) is 5.69 Å². The average molecular weight is 217 g/mol. The Morgan fingerprint density at radius 2 is 2.43 bits per heavy atom. The van der Waals surface area contributed by atoms with Gasteiger partial charge in [0, 0.05) is 31.7 Å². The number of aryl methyl sites for hydroxylation is 1. The van der Waals surface area contributed by atoms with Crippen LogP contribution in [0, 0.1) is 0 Å². The van der Waals surface area contributed by atoms with Gasteiger partial charge in [-0.1, -0.05) is 12.1 Å². The van der Waals surface area contributed by atoms with Gasteiger partial charge >= 0.3 is 0 Å². The van der Waals surface area contributed by atoms with Crippen LogP contribution in [0.2, 0.25) is 0 Å². The quantitative estimate of drug-likeness (QED) is 0.730. The molecule has 4 nitrogen and oxygen atoms in total. The SMILES string of the molecule is CCC(CCCl)NCc1cn(C)nn1. The second-order valence-corrected chi connectivity index (χ2v) is 3.73. The lowest BCUT2D eigenvalue weighted by Crippen LogP contribution is -2.28. The van der Waals surface area contributed by atoms with Crippen molar-refractivity contribution in [3.63, 3.8) is 0 Å². The first-order chi connectivity index (χ1) is 6.76. The summed E-state index contributed by atoms with van der Waals surface area (Å²) < 4.78 is 1.71. The predicted octanol–water partition coefficient (Wildman–Crippen LogP) is 1.31. The topological polar surface area (TPSA) is 42.7 Å². The lowest BCUT2D eigenvalue weighted by Gasteiger charge is -2.13. The van der Waals surface area contributed by atoms with Crippen LogP contribution >= 0.6 is 11.6 Å². The van der Waals surface area contributed by atoms with Crippen molar-refractivity contribution in [3.05, 3.63) is 11.9 Å². The van der Waals surface area contributed by atoms with Gasteiger partial charge in [-0.25, -0.2) is 0 Å². The lowest BCUT2D eigenvalue weighted by molar-refractivity contribution is 0.482. The smallest absolute Gasteiger partial charge is 0.0964 e. The van der Waals surface area contributed by atoms with Crippen LogP contribution in [0.4, 0.5) is 0 Å². The van der Waals surface area contributed by atoms with Crippen molar-refractivity contribution < 1.29 is 0 Å². The van der Waals surface area contributed by atoms with E-state index >= 15 is 0 Å². The van der Waals surface area contributed by atoms with Gasteiger partial charge in [0.15, 0.2) is 0 Å². The van der Waals surface area contributed by atoms with Crippen molar-refractivity contribution in [3.8, 4) is 0 Å². The number of nitrogens with zero attached hydrogens (tertiary/aromatic N) is 3. The summed E-state index contributed by atoms with van der Waals surface area (Å²) >= 11 is 5.69. The third-order valence-electron chi connectivity index (χ3n) is 2.17. The average Bonchev–Trinajstić information content (AvgIpc) is 2.59. The molecule has 0 spiro atoms. The van der Waals surface area contributed by atoms with Crippen LogP contribution in [0.25, 0.3) is 0 Å². The van der Waals surface area contributed by atoms with Gasteiger partial charge < -0.3 is 5.32 Å². The van der Waals surface area contributed by atoms with Crippen molar-refractivity contribution >= 4 is 11.6 Å². The molecule has 0 aliphatic rings. The first-order valence-electron chi connectivity index (χ1n) is 4.90. The van der Waals surface area contributed by atoms with Crippen LogP contribution in [-0.4, -0.2) is 26.9 Å². The number of halogens is 1. The maximum atomic E-state index is 5.69. The minimum Gasteiger partial charge on any atom is -0.308 e. The Hall–Kier alpha value is -0.610. The molecule has 1 atom stereocenters. The molecule has 14 heavy (non-hydrogen) atoms. The van der Waals surface area contributed by atoms with Crippen LogP contribution in [0.5, 0.6) is 0 Å². The lowest BCUT2D eigenvalue weighted by atomic mass is 10.2. The third-order valence-corrected chi connectivity index (χ3v) is 2.39. The Balaban J connectivity index is 2.31. The van der Waals surface area contributed by atoms with E-state index in [1.165, 1.54) is 0 Å². The maximum Gasteiger partial charge on any atom is 0.0964 e. The number of hydrogen-bond donors (Lipinski definition) is 1. The Labute approximate surface area is 89.6 Å². The summed E-state index contributed by atoms with van der Waals surface area (Å²) in [6, 6.07) is 0.481. The van der Waals surface area contributed by atoms with Crippen LogP contribution < -0.4 is 5.32 Å². The molecule has 0 aliphatic heterocycles. The van der Waals surface area contributed by atoms with Gasteiger partial charge in [0.25, 0.3) is 0 Å². The van der Waals surface area contributed by atoms with Gasteiger partial charge in [-0.2, -0.15) is 0 Å². The number of rotatable bonds is 6. The number of hydrogen-bond acceptors (Lipinski definition) is 3. The summed E-state index contributed by atoms with van der Waals surface area (Å²) in [7, 11) is 1.87. The Morgan fingerprint density at radius 3 is 2.93 bits per heavy atom. The van der Waals surface area contributed by atoms with Crippen LogP contribution in [0.15, 0.2) is 6.20 Å². The molecule has 0 bridgehead atoms. The first kappa shape index (κ1) is 11.5. The minimum absolute atomic E-state index is 0.481. The van der Waals surface area contributed by atoms with Gasteiger partial charge in [0.1, 0.15) is 0 Å². The molecule has 1 N–H and O–H groups in total. The normalized spacial score (nSPS) is 13.1. The van der Waals surface area contributed by atoms with Crippen molar-refractivity contribution in [1.29, 1.82) is 0 Å². The van der Waals surface area contributed by atoms with E-state index in [2.05, 4.69) is 22.6 Å². The van der Waals surface area contributed by atoms with Crippen molar-refractivity contribution in [2.45, 2.75) is 32.4 Å². The molecule has 1 unspecified atom stereocenters. The molecule has 0 aliphatic carbocycles. The molecule has 1 aromatic rings. The van der Waals surface area contributed by atoms with E-state index in [4.69, 9.17) is 11.6 Å². The molecule has 0 fully saturated rings. The molecule has 0 saturated carbocycles. The molecular weight excluding hydrogens is 200 g/mol. The minimum atomic E-state index is 0.481. The summed E-state index contributed by atoms with van der Waals surface area (Å²) in [5.41, 5.74) is 0.973. The Kier molecular flexibility index (Phi) is 4.90. The molecule has 0 aromatic carbocycles. The highest BCUT2D eigenvalue weighted by molar-refractivity contribution is 6.17. The standard InChI is InChI=1S/C9H17ClN4/c1-3-8(4-5-10)11-6-9-7-14(2)13-12-9/h7-8,11H,3-6H2,1-2H3. The van der Waals surface area contributed by atoms with Crippen molar-refractivity contribution in [2.75, 3.05) is 5.88 Å². The molecule has 0 radical (unpaired) electrons. The van der Waals surface area contributed by atoms with Gasteiger partial charge in [-0.15, -0.1) is 16.7 Å². The highest BCUT2D eigenvalue weighted by Crippen LogP contribution is 2.01. The summed E-state index contributed by atoms with van der Waals surface area (Å²) in [6.07, 6.45) is 4.01. The molecule has 0 amide bonds. The van der Waals surface area contributed by atoms with Gasteiger partial charge in [0.2, 0.25) is 0 Å². The van der Waals surface area contributed by atoms with Crippen molar-refractivity contribution in [2.24, 2.45) is 7.05 Å². The Morgan fingerprint density at radius 1 is 1.64 bits per heavy atom. The molecule has 5 heteroatoms. The summed E-state index contributed by atoms with van der Waals surface area (Å²) in [5, 5.41) is 11.3. The highest BCUT2D eigenvalue weighted by Gasteiger charge is 2.05. The monoisotopic (exact) mass is 216 g/mol. The van der Waals surface area contributed by atoms with Gasteiger partial charge in [-0.3, -0.25) is 4.68 Å². The van der Waals surface area contributed by atoms with E-state index in [0.717, 1.165) is 25.1 Å². The second-order valence-electron chi connectivity index (χ2n) is 3.35. The second kappa shape index (κ2) is 5.98. The fourth-order valence-corrected chi connectivity index (χ4v) is 1.57. The number of alkyl halides is 1. The zero-order chi connectivity index (χ0) is 10.4. The van der Waals surface area contributed by atoms with Gasteiger partial charge in [-0.05, 0) is 12.8 Å².